The maximum Gasteiger partial charge on any atom is 0.0762 e. The minimum absolute atomic E-state index is 0.623. The summed E-state index contributed by atoms with van der Waals surface area (Å²) in [5.74, 6) is 0. The summed E-state index contributed by atoms with van der Waals surface area (Å²) in [7, 11) is 0. The Kier molecular flexibility index (Phi) is 5.42. The Hall–Kier alpha value is -1.13. The molecule has 0 bridgehead atoms. The van der Waals surface area contributed by atoms with E-state index in [4.69, 9.17) is 4.74 Å². The molecule has 4 heteroatoms. The zero-order chi connectivity index (χ0) is 12.6. The van der Waals surface area contributed by atoms with Gasteiger partial charge in [-0.2, -0.15) is 5.10 Å². The lowest BCUT2D eigenvalue weighted by Crippen LogP contribution is -2.19. The van der Waals surface area contributed by atoms with E-state index in [0.717, 1.165) is 25.4 Å². The molecule has 18 heavy (non-hydrogen) atoms. The van der Waals surface area contributed by atoms with E-state index in [1.54, 1.807) is 6.08 Å². The molecule has 1 aliphatic rings. The van der Waals surface area contributed by atoms with Crippen LogP contribution in [-0.2, 0) is 11.3 Å². The summed E-state index contributed by atoms with van der Waals surface area (Å²) < 4.78 is 7.44. The van der Waals surface area contributed by atoms with Gasteiger partial charge in [-0.05, 0) is 18.9 Å². The van der Waals surface area contributed by atoms with Crippen LogP contribution in [0.2, 0.25) is 0 Å². The van der Waals surface area contributed by atoms with E-state index in [1.807, 2.05) is 0 Å². The summed E-state index contributed by atoms with van der Waals surface area (Å²) in [6.45, 7) is 6.62. The van der Waals surface area contributed by atoms with E-state index in [9.17, 15) is 0 Å². The molecule has 2 rings (SSSR count). The van der Waals surface area contributed by atoms with E-state index >= 15 is 0 Å². The monoisotopic (exact) mass is 249 g/mol. The molecule has 100 valence electrons. The summed E-state index contributed by atoms with van der Waals surface area (Å²) in [6.07, 6.45) is 9.13. The van der Waals surface area contributed by atoms with Gasteiger partial charge in [-0.1, -0.05) is 18.9 Å². The Morgan fingerprint density at radius 2 is 2.33 bits per heavy atom. The van der Waals surface area contributed by atoms with Crippen LogP contribution in [0.4, 0.5) is 0 Å². The van der Waals surface area contributed by atoms with Crippen LogP contribution >= 0.6 is 0 Å². The van der Waals surface area contributed by atoms with Crippen LogP contribution in [0.25, 0.3) is 0 Å². The van der Waals surface area contributed by atoms with E-state index < -0.39 is 0 Å². The number of ether oxygens (including phenoxy) is 1. The second-order valence-electron chi connectivity index (χ2n) is 4.77. The Balaban J connectivity index is 1.65. The van der Waals surface area contributed by atoms with Crippen molar-refractivity contribution in [2.75, 3.05) is 19.8 Å². The first-order valence-electron chi connectivity index (χ1n) is 6.83. The van der Waals surface area contributed by atoms with Crippen LogP contribution < -0.4 is 5.32 Å². The average molecular weight is 249 g/mol. The Morgan fingerprint density at radius 3 is 3.11 bits per heavy atom. The maximum atomic E-state index is 5.30. The third-order valence-electron chi connectivity index (χ3n) is 3.33. The summed E-state index contributed by atoms with van der Waals surface area (Å²) in [5, 5.41) is 7.95. The molecule has 4 nitrogen and oxygen atoms in total. The van der Waals surface area contributed by atoms with Crippen molar-refractivity contribution in [1.29, 1.82) is 0 Å². The van der Waals surface area contributed by atoms with Crippen LogP contribution in [0.3, 0.4) is 0 Å². The Labute approximate surface area is 109 Å². The third kappa shape index (κ3) is 3.96. The summed E-state index contributed by atoms with van der Waals surface area (Å²) in [5.41, 5.74) is 1.12. The van der Waals surface area contributed by atoms with Gasteiger partial charge in [0.05, 0.1) is 24.9 Å². The smallest absolute Gasteiger partial charge is 0.0762 e. The fourth-order valence-electron chi connectivity index (χ4n) is 2.37. The second-order valence-corrected chi connectivity index (χ2v) is 4.77. The first-order chi connectivity index (χ1) is 8.90. The van der Waals surface area contributed by atoms with Gasteiger partial charge in [0.2, 0.25) is 0 Å². The van der Waals surface area contributed by atoms with Crippen molar-refractivity contribution in [3.8, 4) is 0 Å². The lowest BCUT2D eigenvalue weighted by molar-refractivity contribution is 0.163. The van der Waals surface area contributed by atoms with E-state index in [1.165, 1.54) is 25.7 Å². The van der Waals surface area contributed by atoms with Gasteiger partial charge in [-0.3, -0.25) is 4.68 Å². The van der Waals surface area contributed by atoms with Gasteiger partial charge in [0, 0.05) is 19.3 Å². The molecule has 1 saturated carbocycles. The van der Waals surface area contributed by atoms with Gasteiger partial charge in [0.1, 0.15) is 0 Å². The Bertz CT molecular complexity index is 356. The van der Waals surface area contributed by atoms with Crippen molar-refractivity contribution in [2.45, 2.75) is 38.3 Å². The summed E-state index contributed by atoms with van der Waals surface area (Å²) >= 11 is 0. The van der Waals surface area contributed by atoms with Gasteiger partial charge in [-0.25, -0.2) is 0 Å². The predicted octanol–water partition coefficient (Wildman–Crippen LogP) is 2.29. The van der Waals surface area contributed by atoms with Gasteiger partial charge >= 0.3 is 0 Å². The average Bonchev–Trinajstić information content (AvgIpc) is 3.03. The van der Waals surface area contributed by atoms with E-state index in [2.05, 4.69) is 33.9 Å². The number of hydrogen-bond donors (Lipinski definition) is 1. The van der Waals surface area contributed by atoms with Crippen molar-refractivity contribution in [2.24, 2.45) is 0 Å². The SMILES string of the molecule is C=CCOCCNCc1ccn(C2CCCC2)n1. The quantitative estimate of drug-likeness (QED) is 0.567. The van der Waals surface area contributed by atoms with Crippen LogP contribution in [0.1, 0.15) is 37.4 Å². The maximum absolute atomic E-state index is 5.30. The van der Waals surface area contributed by atoms with Crippen LogP contribution in [0, 0.1) is 0 Å². The lowest BCUT2D eigenvalue weighted by Gasteiger charge is -2.09. The first kappa shape index (κ1) is 13.3. The number of rotatable bonds is 8. The molecule has 1 aliphatic carbocycles. The molecular weight excluding hydrogens is 226 g/mol. The molecule has 0 radical (unpaired) electrons. The van der Waals surface area contributed by atoms with Crippen LogP contribution in [0.15, 0.2) is 24.9 Å². The molecule has 1 aromatic rings. The molecule has 0 spiro atoms. The minimum Gasteiger partial charge on any atom is -0.376 e. The van der Waals surface area contributed by atoms with Gasteiger partial charge < -0.3 is 10.1 Å². The standard InChI is InChI=1S/C14H23N3O/c1-2-10-18-11-8-15-12-13-7-9-17(16-13)14-5-3-4-6-14/h2,7,9,14-15H,1,3-6,8,10-12H2. The molecule has 1 heterocycles. The van der Waals surface area contributed by atoms with Gasteiger partial charge in [-0.15, -0.1) is 6.58 Å². The van der Waals surface area contributed by atoms with Crippen molar-refractivity contribution >= 4 is 0 Å². The highest BCUT2D eigenvalue weighted by molar-refractivity contribution is 4.99. The largest absolute Gasteiger partial charge is 0.376 e. The zero-order valence-electron chi connectivity index (χ0n) is 11.0. The molecule has 0 unspecified atom stereocenters. The summed E-state index contributed by atoms with van der Waals surface area (Å²) in [4.78, 5) is 0. The topological polar surface area (TPSA) is 39.1 Å². The highest BCUT2D eigenvalue weighted by Gasteiger charge is 2.17. The van der Waals surface area contributed by atoms with Crippen molar-refractivity contribution in [3.63, 3.8) is 0 Å². The fraction of sp³-hybridized carbons (Fsp3) is 0.643. The fourth-order valence-corrected chi connectivity index (χ4v) is 2.37. The first-order valence-corrected chi connectivity index (χ1v) is 6.83. The van der Waals surface area contributed by atoms with Gasteiger partial charge in [0.15, 0.2) is 0 Å². The summed E-state index contributed by atoms with van der Waals surface area (Å²) in [6, 6.07) is 2.74. The zero-order valence-corrected chi connectivity index (χ0v) is 11.0. The second kappa shape index (κ2) is 7.34. The van der Waals surface area contributed by atoms with Gasteiger partial charge in [0.25, 0.3) is 0 Å². The van der Waals surface area contributed by atoms with Crippen molar-refractivity contribution in [3.05, 3.63) is 30.6 Å². The Morgan fingerprint density at radius 1 is 1.50 bits per heavy atom. The normalized spacial score (nSPS) is 16.2. The molecule has 0 aromatic carbocycles. The molecule has 0 aliphatic heterocycles. The van der Waals surface area contributed by atoms with Crippen LogP contribution in [-0.4, -0.2) is 29.5 Å². The van der Waals surface area contributed by atoms with E-state index in [-0.39, 0.29) is 0 Å². The van der Waals surface area contributed by atoms with E-state index in [0.29, 0.717) is 12.6 Å². The number of hydrogen-bond acceptors (Lipinski definition) is 3. The molecule has 1 N–H and O–H groups in total. The predicted molar refractivity (Wildman–Crippen MR) is 72.5 cm³/mol. The van der Waals surface area contributed by atoms with Crippen LogP contribution in [0.5, 0.6) is 0 Å². The molecule has 0 amide bonds. The highest BCUT2D eigenvalue weighted by atomic mass is 16.5. The molecular formula is C14H23N3O. The number of nitrogens with one attached hydrogen (secondary N) is 1. The molecule has 0 atom stereocenters. The minimum atomic E-state index is 0.623. The number of aromatic nitrogens is 2. The van der Waals surface area contributed by atoms with Crippen molar-refractivity contribution in [1.82, 2.24) is 15.1 Å². The highest BCUT2D eigenvalue weighted by Crippen LogP contribution is 2.28. The number of nitrogens with zero attached hydrogens (tertiary/aromatic N) is 2. The third-order valence-corrected chi connectivity index (χ3v) is 3.33. The molecule has 0 saturated heterocycles. The molecule has 1 aromatic heterocycles. The molecule has 1 fully saturated rings. The lowest BCUT2D eigenvalue weighted by atomic mass is 10.3. The van der Waals surface area contributed by atoms with Crippen molar-refractivity contribution < 1.29 is 4.74 Å².